The second-order valence-electron chi connectivity index (χ2n) is 7.08. The van der Waals surface area contributed by atoms with Crippen molar-refractivity contribution in [1.82, 2.24) is 4.72 Å². The van der Waals surface area contributed by atoms with Crippen molar-refractivity contribution in [1.29, 1.82) is 0 Å². The first kappa shape index (κ1) is 21.7. The molecule has 3 rings (SSSR count). The zero-order valence-electron chi connectivity index (χ0n) is 17.0. The SMILES string of the molecule is CCCc1cc(=O)oc2cc(OC(=O)[C@H](C)NS(=O)(=O)c3ccc(C)cc3)ccc12. The zero-order chi connectivity index (χ0) is 21.9. The Bertz CT molecular complexity index is 1230. The monoisotopic (exact) mass is 429 g/mol. The smallest absolute Gasteiger partial charge is 0.336 e. The lowest BCUT2D eigenvalue weighted by Crippen LogP contribution is -2.40. The van der Waals surface area contributed by atoms with Gasteiger partial charge in [0.2, 0.25) is 10.0 Å². The van der Waals surface area contributed by atoms with E-state index in [0.29, 0.717) is 5.58 Å². The van der Waals surface area contributed by atoms with Gasteiger partial charge in [-0.1, -0.05) is 31.0 Å². The average molecular weight is 429 g/mol. The van der Waals surface area contributed by atoms with E-state index in [9.17, 15) is 18.0 Å². The van der Waals surface area contributed by atoms with E-state index in [2.05, 4.69) is 4.72 Å². The molecule has 0 spiro atoms. The molecule has 0 saturated carbocycles. The van der Waals surface area contributed by atoms with Crippen molar-refractivity contribution in [2.45, 2.75) is 44.6 Å². The minimum atomic E-state index is -3.88. The summed E-state index contributed by atoms with van der Waals surface area (Å²) in [4.78, 5) is 24.2. The van der Waals surface area contributed by atoms with Crippen LogP contribution >= 0.6 is 0 Å². The Morgan fingerprint density at radius 3 is 2.50 bits per heavy atom. The molecule has 0 aliphatic rings. The maximum Gasteiger partial charge on any atom is 0.336 e. The van der Waals surface area contributed by atoms with E-state index in [1.807, 2.05) is 13.8 Å². The highest BCUT2D eigenvalue weighted by Gasteiger charge is 2.23. The van der Waals surface area contributed by atoms with Gasteiger partial charge in [-0.15, -0.1) is 0 Å². The number of nitrogens with one attached hydrogen (secondary N) is 1. The molecule has 2 aromatic carbocycles. The summed E-state index contributed by atoms with van der Waals surface area (Å²) in [5, 5.41) is 0.768. The van der Waals surface area contributed by atoms with Crippen molar-refractivity contribution < 1.29 is 22.4 Å². The summed E-state index contributed by atoms with van der Waals surface area (Å²) in [6.07, 6.45) is 1.59. The summed E-state index contributed by atoms with van der Waals surface area (Å²) in [6.45, 7) is 5.25. The number of hydrogen-bond donors (Lipinski definition) is 1. The van der Waals surface area contributed by atoms with E-state index in [1.165, 1.54) is 31.2 Å². The molecular formula is C22H23NO6S. The van der Waals surface area contributed by atoms with Gasteiger partial charge in [-0.3, -0.25) is 0 Å². The van der Waals surface area contributed by atoms with Crippen LogP contribution in [0, 0.1) is 6.92 Å². The van der Waals surface area contributed by atoms with E-state index < -0.39 is 27.7 Å². The molecule has 0 amide bonds. The molecule has 30 heavy (non-hydrogen) atoms. The number of esters is 1. The van der Waals surface area contributed by atoms with Crippen LogP contribution in [0.15, 0.2) is 62.6 Å². The van der Waals surface area contributed by atoms with Gasteiger partial charge in [-0.2, -0.15) is 4.72 Å². The minimum absolute atomic E-state index is 0.0590. The van der Waals surface area contributed by atoms with Crippen LogP contribution in [0.3, 0.4) is 0 Å². The highest BCUT2D eigenvalue weighted by atomic mass is 32.2. The summed E-state index contributed by atoms with van der Waals surface area (Å²) in [5.41, 5.74) is 1.62. The van der Waals surface area contributed by atoms with Crippen LogP contribution in [0.25, 0.3) is 11.0 Å². The molecule has 1 N–H and O–H groups in total. The Kier molecular flexibility index (Phi) is 6.38. The number of aryl methyl sites for hydroxylation is 2. The van der Waals surface area contributed by atoms with Crippen LogP contribution in [-0.2, 0) is 21.2 Å². The van der Waals surface area contributed by atoms with Crippen molar-refractivity contribution in [2.24, 2.45) is 0 Å². The first-order valence-corrected chi connectivity index (χ1v) is 11.1. The minimum Gasteiger partial charge on any atom is -0.425 e. The molecule has 7 nitrogen and oxygen atoms in total. The molecule has 8 heteroatoms. The Morgan fingerprint density at radius 2 is 1.83 bits per heavy atom. The molecule has 1 aromatic heterocycles. The fraction of sp³-hybridized carbons (Fsp3) is 0.273. The Hall–Kier alpha value is -2.97. The summed E-state index contributed by atoms with van der Waals surface area (Å²) in [6, 6.07) is 11.4. The van der Waals surface area contributed by atoms with Gasteiger partial charge >= 0.3 is 11.6 Å². The van der Waals surface area contributed by atoms with Crippen molar-refractivity contribution in [2.75, 3.05) is 0 Å². The number of fused-ring (bicyclic) bond motifs is 1. The third-order valence-corrected chi connectivity index (χ3v) is 6.11. The van der Waals surface area contributed by atoms with Gasteiger partial charge in [0.25, 0.3) is 0 Å². The summed E-state index contributed by atoms with van der Waals surface area (Å²) < 4.78 is 37.7. The molecule has 1 atom stereocenters. The molecule has 1 heterocycles. The highest BCUT2D eigenvalue weighted by Crippen LogP contribution is 2.24. The van der Waals surface area contributed by atoms with Gasteiger partial charge in [-0.25, -0.2) is 18.0 Å². The van der Waals surface area contributed by atoms with Crippen LogP contribution < -0.4 is 15.1 Å². The first-order valence-electron chi connectivity index (χ1n) is 9.57. The van der Waals surface area contributed by atoms with E-state index >= 15 is 0 Å². The lowest BCUT2D eigenvalue weighted by atomic mass is 10.1. The second-order valence-corrected chi connectivity index (χ2v) is 8.79. The number of hydrogen-bond acceptors (Lipinski definition) is 6. The van der Waals surface area contributed by atoms with E-state index in [1.54, 1.807) is 24.3 Å². The topological polar surface area (TPSA) is 103 Å². The average Bonchev–Trinajstić information content (AvgIpc) is 2.67. The number of carbonyl (C=O) groups excluding carboxylic acids is 1. The van der Waals surface area contributed by atoms with E-state index in [-0.39, 0.29) is 10.6 Å². The Morgan fingerprint density at radius 1 is 1.13 bits per heavy atom. The number of ether oxygens (including phenoxy) is 1. The molecule has 0 unspecified atom stereocenters. The zero-order valence-corrected chi connectivity index (χ0v) is 17.8. The second kappa shape index (κ2) is 8.81. The third kappa shape index (κ3) is 4.95. The summed E-state index contributed by atoms with van der Waals surface area (Å²) in [5.74, 6) is -0.622. The molecule has 0 fully saturated rings. The predicted molar refractivity (Wildman–Crippen MR) is 113 cm³/mol. The molecule has 0 saturated heterocycles. The molecule has 158 valence electrons. The fourth-order valence-electron chi connectivity index (χ4n) is 3.02. The van der Waals surface area contributed by atoms with Crippen LogP contribution in [0.2, 0.25) is 0 Å². The molecule has 0 bridgehead atoms. The van der Waals surface area contributed by atoms with Crippen molar-refractivity contribution in [3.8, 4) is 5.75 Å². The number of carbonyl (C=O) groups is 1. The molecule has 3 aromatic rings. The number of benzene rings is 2. The molecule has 0 aliphatic carbocycles. The fourth-order valence-corrected chi connectivity index (χ4v) is 4.21. The van der Waals surface area contributed by atoms with Gasteiger partial charge in [-0.05, 0) is 50.1 Å². The largest absolute Gasteiger partial charge is 0.425 e. The van der Waals surface area contributed by atoms with Crippen molar-refractivity contribution in [3.05, 3.63) is 70.1 Å². The molecule has 0 aliphatic heterocycles. The van der Waals surface area contributed by atoms with Crippen molar-refractivity contribution >= 4 is 27.0 Å². The lowest BCUT2D eigenvalue weighted by Gasteiger charge is -2.14. The van der Waals surface area contributed by atoms with Crippen LogP contribution in [0.4, 0.5) is 0 Å². The summed E-state index contributed by atoms with van der Waals surface area (Å²) >= 11 is 0. The number of rotatable bonds is 7. The Balaban J connectivity index is 1.77. The van der Waals surface area contributed by atoms with Gasteiger partial charge in [0.1, 0.15) is 17.4 Å². The van der Waals surface area contributed by atoms with E-state index in [4.69, 9.17) is 9.15 Å². The van der Waals surface area contributed by atoms with Gasteiger partial charge < -0.3 is 9.15 Å². The van der Waals surface area contributed by atoms with Crippen molar-refractivity contribution in [3.63, 3.8) is 0 Å². The third-order valence-electron chi connectivity index (χ3n) is 4.56. The lowest BCUT2D eigenvalue weighted by molar-refractivity contribution is -0.135. The summed E-state index contributed by atoms with van der Waals surface area (Å²) in [7, 11) is -3.88. The number of sulfonamides is 1. The van der Waals surface area contributed by atoms with Crippen LogP contribution in [-0.4, -0.2) is 20.4 Å². The van der Waals surface area contributed by atoms with Crippen LogP contribution in [0.1, 0.15) is 31.4 Å². The molecular weight excluding hydrogens is 406 g/mol. The highest BCUT2D eigenvalue weighted by molar-refractivity contribution is 7.89. The van der Waals surface area contributed by atoms with Gasteiger partial charge in [0, 0.05) is 17.5 Å². The standard InChI is InChI=1S/C22H23NO6S/c1-4-5-16-12-21(24)29-20-13-17(8-11-19(16)20)28-22(25)15(3)23-30(26,27)18-9-6-14(2)7-10-18/h6-13,15,23H,4-5H2,1-3H3/t15-/m0/s1. The Labute approximate surface area is 174 Å². The van der Waals surface area contributed by atoms with Gasteiger partial charge in [0.05, 0.1) is 4.90 Å². The maximum absolute atomic E-state index is 12.5. The normalized spacial score (nSPS) is 12.6. The van der Waals surface area contributed by atoms with Crippen LogP contribution in [0.5, 0.6) is 5.75 Å². The van der Waals surface area contributed by atoms with E-state index in [0.717, 1.165) is 29.4 Å². The molecule has 0 radical (unpaired) electrons. The first-order chi connectivity index (χ1) is 14.2. The maximum atomic E-state index is 12.5. The quantitative estimate of drug-likeness (QED) is 0.351. The van der Waals surface area contributed by atoms with Gasteiger partial charge in [0.15, 0.2) is 0 Å². The predicted octanol–water partition coefficient (Wildman–Crippen LogP) is 3.33.